The molecular weight excluding hydrogens is 192 g/mol. The molecule has 0 saturated heterocycles. The van der Waals surface area contributed by atoms with E-state index in [1.807, 2.05) is 6.92 Å². The van der Waals surface area contributed by atoms with E-state index in [4.69, 9.17) is 4.74 Å². The maximum Gasteiger partial charge on any atom is 0.334 e. The molecule has 0 aromatic heterocycles. The molecule has 0 spiro atoms. The maximum absolute atomic E-state index is 11.6. The van der Waals surface area contributed by atoms with E-state index in [1.54, 1.807) is 13.0 Å². The van der Waals surface area contributed by atoms with Gasteiger partial charge in [-0.3, -0.25) is 0 Å². The fourth-order valence-electron chi connectivity index (χ4n) is 1.88. The monoisotopic (exact) mass is 212 g/mol. The van der Waals surface area contributed by atoms with Gasteiger partial charge in [0, 0.05) is 5.57 Å². The Morgan fingerprint density at radius 1 is 1.40 bits per heavy atom. The largest absolute Gasteiger partial charge is 0.453 e. The van der Waals surface area contributed by atoms with Gasteiger partial charge in [-0.25, -0.2) is 4.79 Å². The average molecular weight is 212 g/mol. The van der Waals surface area contributed by atoms with Crippen molar-refractivity contribution < 1.29 is 14.6 Å². The van der Waals surface area contributed by atoms with Gasteiger partial charge < -0.3 is 9.84 Å². The zero-order chi connectivity index (χ0) is 11.3. The molecule has 1 aliphatic carbocycles. The number of aliphatic hydroxyl groups excluding tert-OH is 1. The van der Waals surface area contributed by atoms with Crippen LogP contribution in [-0.4, -0.2) is 23.3 Å². The van der Waals surface area contributed by atoms with E-state index >= 15 is 0 Å². The minimum Gasteiger partial charge on any atom is -0.453 e. The third-order valence-corrected chi connectivity index (χ3v) is 3.12. The Labute approximate surface area is 91.1 Å². The highest BCUT2D eigenvalue weighted by Gasteiger charge is 2.35. The number of carbonyl (C=O) groups is 1. The fourth-order valence-corrected chi connectivity index (χ4v) is 1.88. The van der Waals surface area contributed by atoms with E-state index in [0.29, 0.717) is 5.57 Å². The smallest absolute Gasteiger partial charge is 0.334 e. The van der Waals surface area contributed by atoms with Crippen LogP contribution in [0.15, 0.2) is 11.6 Å². The van der Waals surface area contributed by atoms with Gasteiger partial charge in [0.2, 0.25) is 0 Å². The Hall–Kier alpha value is -0.830. The highest BCUT2D eigenvalue weighted by Crippen LogP contribution is 2.31. The lowest BCUT2D eigenvalue weighted by atomic mass is 9.85. The summed E-state index contributed by atoms with van der Waals surface area (Å²) in [6, 6.07) is 0. The first-order chi connectivity index (χ1) is 7.13. The van der Waals surface area contributed by atoms with Crippen LogP contribution in [0, 0.1) is 0 Å². The van der Waals surface area contributed by atoms with E-state index in [2.05, 4.69) is 0 Å². The standard InChI is InChI=1S/C12H20O3/c1-3-10(2)11(14)15-12(9-13)7-5-4-6-8-12/h3,13H,4-9H2,1-2H3. The molecule has 15 heavy (non-hydrogen) atoms. The summed E-state index contributed by atoms with van der Waals surface area (Å²) in [4.78, 5) is 11.6. The third-order valence-electron chi connectivity index (χ3n) is 3.12. The average Bonchev–Trinajstić information content (AvgIpc) is 2.29. The van der Waals surface area contributed by atoms with Gasteiger partial charge in [0.15, 0.2) is 0 Å². The molecule has 0 atom stereocenters. The molecule has 3 nitrogen and oxygen atoms in total. The van der Waals surface area contributed by atoms with Crippen LogP contribution >= 0.6 is 0 Å². The second-order valence-corrected chi connectivity index (χ2v) is 4.26. The summed E-state index contributed by atoms with van der Waals surface area (Å²) in [5.41, 5.74) is -0.00651. The Morgan fingerprint density at radius 2 is 2.00 bits per heavy atom. The van der Waals surface area contributed by atoms with Gasteiger partial charge in [0.05, 0.1) is 6.61 Å². The maximum atomic E-state index is 11.6. The summed E-state index contributed by atoms with van der Waals surface area (Å²) in [6.45, 7) is 3.48. The number of aliphatic hydroxyl groups is 1. The molecule has 0 bridgehead atoms. The first-order valence-corrected chi connectivity index (χ1v) is 5.61. The lowest BCUT2D eigenvalue weighted by Gasteiger charge is -2.35. The van der Waals surface area contributed by atoms with Gasteiger partial charge in [0.1, 0.15) is 5.60 Å². The van der Waals surface area contributed by atoms with Crippen molar-refractivity contribution in [3.8, 4) is 0 Å². The first kappa shape index (κ1) is 12.2. The van der Waals surface area contributed by atoms with Gasteiger partial charge in [0.25, 0.3) is 0 Å². The summed E-state index contributed by atoms with van der Waals surface area (Å²) >= 11 is 0. The molecule has 3 heteroatoms. The van der Waals surface area contributed by atoms with Crippen LogP contribution in [0.3, 0.4) is 0 Å². The zero-order valence-electron chi connectivity index (χ0n) is 9.58. The van der Waals surface area contributed by atoms with Crippen LogP contribution in [0.1, 0.15) is 46.0 Å². The Balaban J connectivity index is 2.63. The van der Waals surface area contributed by atoms with Crippen molar-refractivity contribution in [3.05, 3.63) is 11.6 Å². The van der Waals surface area contributed by atoms with Crippen molar-refractivity contribution in [2.75, 3.05) is 6.61 Å². The minimum atomic E-state index is -0.612. The van der Waals surface area contributed by atoms with Crippen LogP contribution in [0.25, 0.3) is 0 Å². The second kappa shape index (κ2) is 5.31. The van der Waals surface area contributed by atoms with Crippen molar-refractivity contribution in [3.63, 3.8) is 0 Å². The lowest BCUT2D eigenvalue weighted by molar-refractivity contribution is -0.163. The summed E-state index contributed by atoms with van der Waals surface area (Å²) in [6.07, 6.45) is 6.53. The predicted molar refractivity (Wildman–Crippen MR) is 58.4 cm³/mol. The number of esters is 1. The number of ether oxygens (including phenoxy) is 1. The molecule has 0 radical (unpaired) electrons. The second-order valence-electron chi connectivity index (χ2n) is 4.26. The molecule has 1 N–H and O–H groups in total. The molecule has 1 rings (SSSR count). The van der Waals surface area contributed by atoms with Gasteiger partial charge >= 0.3 is 5.97 Å². The van der Waals surface area contributed by atoms with Gasteiger partial charge in [-0.05, 0) is 39.5 Å². The summed E-state index contributed by atoms with van der Waals surface area (Å²) in [7, 11) is 0. The predicted octanol–water partition coefficient (Wildman–Crippen LogP) is 2.19. The molecule has 0 aromatic carbocycles. The van der Waals surface area contributed by atoms with Crippen molar-refractivity contribution in [2.45, 2.75) is 51.6 Å². The van der Waals surface area contributed by atoms with Crippen molar-refractivity contribution in [2.24, 2.45) is 0 Å². The van der Waals surface area contributed by atoms with Gasteiger partial charge in [-0.1, -0.05) is 12.5 Å². The lowest BCUT2D eigenvalue weighted by Crippen LogP contribution is -2.41. The molecule has 0 heterocycles. The van der Waals surface area contributed by atoms with Gasteiger partial charge in [-0.2, -0.15) is 0 Å². The number of hydrogen-bond donors (Lipinski definition) is 1. The van der Waals surface area contributed by atoms with E-state index in [9.17, 15) is 9.90 Å². The summed E-state index contributed by atoms with van der Waals surface area (Å²) in [5, 5.41) is 9.35. The quantitative estimate of drug-likeness (QED) is 0.576. The number of rotatable bonds is 3. The van der Waals surface area contributed by atoms with Gasteiger partial charge in [-0.15, -0.1) is 0 Å². The number of allylic oxidation sites excluding steroid dienone is 1. The minimum absolute atomic E-state index is 0.0598. The fraction of sp³-hybridized carbons (Fsp3) is 0.750. The van der Waals surface area contributed by atoms with Crippen molar-refractivity contribution in [1.29, 1.82) is 0 Å². The number of carbonyl (C=O) groups excluding carboxylic acids is 1. The zero-order valence-corrected chi connectivity index (χ0v) is 9.58. The van der Waals surface area contributed by atoms with Crippen molar-refractivity contribution in [1.82, 2.24) is 0 Å². The first-order valence-electron chi connectivity index (χ1n) is 5.61. The van der Waals surface area contributed by atoms with Crippen molar-refractivity contribution >= 4 is 5.97 Å². The normalized spacial score (nSPS) is 21.1. The Kier molecular flexibility index (Phi) is 4.33. The molecule has 1 saturated carbocycles. The molecule has 0 aliphatic heterocycles. The topological polar surface area (TPSA) is 46.5 Å². The highest BCUT2D eigenvalue weighted by atomic mass is 16.6. The molecule has 0 unspecified atom stereocenters. The van der Waals surface area contributed by atoms with Crippen LogP contribution in [0.5, 0.6) is 0 Å². The molecule has 86 valence electrons. The highest BCUT2D eigenvalue weighted by molar-refractivity contribution is 5.87. The molecule has 0 aromatic rings. The summed E-state index contributed by atoms with van der Waals surface area (Å²) < 4.78 is 5.42. The molecule has 1 fully saturated rings. The SMILES string of the molecule is CC=C(C)C(=O)OC1(CO)CCCCC1. The molecule has 1 aliphatic rings. The van der Waals surface area contributed by atoms with E-state index in [1.165, 1.54) is 6.42 Å². The van der Waals surface area contributed by atoms with E-state index in [-0.39, 0.29) is 12.6 Å². The van der Waals surface area contributed by atoms with Crippen LogP contribution in [-0.2, 0) is 9.53 Å². The Morgan fingerprint density at radius 3 is 2.47 bits per heavy atom. The van der Waals surface area contributed by atoms with E-state index in [0.717, 1.165) is 25.7 Å². The van der Waals surface area contributed by atoms with Crippen LogP contribution in [0.4, 0.5) is 0 Å². The molecule has 0 amide bonds. The third kappa shape index (κ3) is 3.06. The molecular formula is C12H20O3. The summed E-state index contributed by atoms with van der Waals surface area (Å²) in [5.74, 6) is -0.298. The number of hydrogen-bond acceptors (Lipinski definition) is 3. The Bertz CT molecular complexity index is 250. The van der Waals surface area contributed by atoms with E-state index < -0.39 is 5.60 Å². The van der Waals surface area contributed by atoms with Crippen LogP contribution in [0.2, 0.25) is 0 Å². The van der Waals surface area contributed by atoms with Crippen LogP contribution < -0.4 is 0 Å².